The maximum Gasteiger partial charge on any atom is 0.140 e. The van der Waals surface area contributed by atoms with E-state index in [9.17, 15) is 0 Å². The number of hydrogen-bond acceptors (Lipinski definition) is 3. The molecule has 0 unspecified atom stereocenters. The Bertz CT molecular complexity index is 624. The second kappa shape index (κ2) is 3.90. The minimum absolute atomic E-state index is 0.859. The van der Waals surface area contributed by atoms with Crippen molar-refractivity contribution in [2.75, 3.05) is 12.4 Å². The van der Waals surface area contributed by atoms with Gasteiger partial charge in [-0.1, -0.05) is 12.1 Å². The van der Waals surface area contributed by atoms with Crippen molar-refractivity contribution in [3.8, 4) is 11.4 Å². The molecule has 3 aromatic rings. The van der Waals surface area contributed by atoms with Crippen LogP contribution in [-0.4, -0.2) is 22.0 Å². The van der Waals surface area contributed by atoms with Crippen molar-refractivity contribution >= 4 is 16.7 Å². The number of H-pyrrole nitrogens is 1. The number of aromatic amines is 1. The third kappa shape index (κ3) is 1.63. The van der Waals surface area contributed by atoms with Crippen LogP contribution in [0.4, 0.5) is 5.69 Å². The van der Waals surface area contributed by atoms with Gasteiger partial charge in [0, 0.05) is 24.5 Å². The van der Waals surface area contributed by atoms with Gasteiger partial charge in [-0.25, -0.2) is 4.98 Å². The first-order valence-corrected chi connectivity index (χ1v) is 5.45. The number of imidazole rings is 1. The molecule has 0 aliphatic heterocycles. The van der Waals surface area contributed by atoms with Crippen LogP contribution in [0.3, 0.4) is 0 Å². The molecule has 2 N–H and O–H groups in total. The fraction of sp³-hybridized carbons (Fsp3) is 0.0769. The fourth-order valence-electron chi connectivity index (χ4n) is 1.89. The van der Waals surface area contributed by atoms with E-state index in [4.69, 9.17) is 0 Å². The van der Waals surface area contributed by atoms with Crippen LogP contribution < -0.4 is 5.32 Å². The Kier molecular flexibility index (Phi) is 2.26. The third-order valence-electron chi connectivity index (χ3n) is 2.74. The lowest BCUT2D eigenvalue weighted by Gasteiger charge is -2.05. The van der Waals surface area contributed by atoms with Crippen LogP contribution in [0.1, 0.15) is 0 Å². The number of hydrogen-bond donors (Lipinski definition) is 2. The average Bonchev–Trinajstić information content (AvgIpc) is 2.82. The van der Waals surface area contributed by atoms with Crippen molar-refractivity contribution in [3.05, 3.63) is 42.7 Å². The Morgan fingerprint density at radius 1 is 1.18 bits per heavy atom. The Morgan fingerprint density at radius 2 is 2.06 bits per heavy atom. The summed E-state index contributed by atoms with van der Waals surface area (Å²) >= 11 is 0. The Labute approximate surface area is 98.7 Å². The number of nitrogens with zero attached hydrogens (tertiary/aromatic N) is 2. The zero-order valence-electron chi connectivity index (χ0n) is 9.44. The van der Waals surface area contributed by atoms with Crippen molar-refractivity contribution < 1.29 is 0 Å². The van der Waals surface area contributed by atoms with Crippen LogP contribution in [0.15, 0.2) is 42.7 Å². The van der Waals surface area contributed by atoms with Crippen molar-refractivity contribution in [1.82, 2.24) is 15.0 Å². The van der Waals surface area contributed by atoms with Gasteiger partial charge in [0.05, 0.1) is 11.7 Å². The highest BCUT2D eigenvalue weighted by molar-refractivity contribution is 5.82. The monoisotopic (exact) mass is 224 g/mol. The second-order valence-electron chi connectivity index (χ2n) is 3.77. The van der Waals surface area contributed by atoms with Gasteiger partial charge >= 0.3 is 0 Å². The van der Waals surface area contributed by atoms with E-state index in [-0.39, 0.29) is 0 Å². The number of pyridine rings is 1. The maximum atomic E-state index is 4.53. The first-order valence-electron chi connectivity index (χ1n) is 5.45. The van der Waals surface area contributed by atoms with Gasteiger partial charge in [0.25, 0.3) is 0 Å². The van der Waals surface area contributed by atoms with E-state index >= 15 is 0 Å². The van der Waals surface area contributed by atoms with Gasteiger partial charge in [0.15, 0.2) is 0 Å². The molecule has 0 amide bonds. The van der Waals surface area contributed by atoms with E-state index in [2.05, 4.69) is 20.3 Å². The summed E-state index contributed by atoms with van der Waals surface area (Å²) in [6.45, 7) is 0. The van der Waals surface area contributed by atoms with E-state index in [1.165, 1.54) is 0 Å². The third-order valence-corrected chi connectivity index (χ3v) is 2.74. The summed E-state index contributed by atoms with van der Waals surface area (Å²) in [5, 5.41) is 3.16. The summed E-state index contributed by atoms with van der Waals surface area (Å²) < 4.78 is 0. The van der Waals surface area contributed by atoms with Crippen LogP contribution in [-0.2, 0) is 0 Å². The molecular formula is C13H12N4. The number of nitrogens with one attached hydrogen (secondary N) is 2. The Hall–Kier alpha value is -2.36. The highest BCUT2D eigenvalue weighted by Gasteiger charge is 2.08. The highest BCUT2D eigenvalue weighted by atomic mass is 14.9. The molecule has 1 aromatic carbocycles. The van der Waals surface area contributed by atoms with E-state index in [1.807, 2.05) is 37.4 Å². The smallest absolute Gasteiger partial charge is 0.140 e. The second-order valence-corrected chi connectivity index (χ2v) is 3.77. The molecule has 0 spiro atoms. The summed E-state index contributed by atoms with van der Waals surface area (Å²) in [5.41, 5.74) is 4.00. The molecule has 17 heavy (non-hydrogen) atoms. The van der Waals surface area contributed by atoms with E-state index in [0.717, 1.165) is 28.1 Å². The molecule has 2 heterocycles. The first kappa shape index (κ1) is 9.84. The topological polar surface area (TPSA) is 53.6 Å². The molecule has 84 valence electrons. The van der Waals surface area contributed by atoms with Crippen molar-refractivity contribution in [1.29, 1.82) is 0 Å². The summed E-state index contributed by atoms with van der Waals surface area (Å²) in [7, 11) is 1.91. The lowest BCUT2D eigenvalue weighted by molar-refractivity contribution is 1.32. The Balaban J connectivity index is 2.20. The van der Waals surface area contributed by atoms with Crippen LogP contribution in [0.2, 0.25) is 0 Å². The average molecular weight is 224 g/mol. The minimum atomic E-state index is 0.859. The van der Waals surface area contributed by atoms with E-state index in [1.54, 1.807) is 12.4 Å². The SMILES string of the molecule is CNc1ccccc1-c1nc2cnccc2[nH]1. The van der Waals surface area contributed by atoms with Gasteiger partial charge in [-0.2, -0.15) is 0 Å². The normalized spacial score (nSPS) is 10.6. The maximum absolute atomic E-state index is 4.53. The van der Waals surface area contributed by atoms with Crippen LogP contribution >= 0.6 is 0 Å². The summed E-state index contributed by atoms with van der Waals surface area (Å²) in [4.78, 5) is 11.9. The number of anilines is 1. The van der Waals surface area contributed by atoms with Crippen LogP contribution in [0, 0.1) is 0 Å². The Morgan fingerprint density at radius 3 is 2.88 bits per heavy atom. The van der Waals surface area contributed by atoms with Crippen molar-refractivity contribution in [3.63, 3.8) is 0 Å². The minimum Gasteiger partial charge on any atom is -0.388 e. The molecule has 0 aliphatic carbocycles. The molecule has 0 saturated heterocycles. The number of rotatable bonds is 2. The standard InChI is InChI=1S/C13H12N4/c1-14-10-5-3-2-4-9(10)13-16-11-6-7-15-8-12(11)17-13/h2-8,14H,1H3,(H,16,17). The van der Waals surface area contributed by atoms with Gasteiger partial charge in [-0.15, -0.1) is 0 Å². The summed E-state index contributed by atoms with van der Waals surface area (Å²) in [5.74, 6) is 0.859. The van der Waals surface area contributed by atoms with Crippen molar-refractivity contribution in [2.45, 2.75) is 0 Å². The lowest BCUT2D eigenvalue weighted by Crippen LogP contribution is -1.92. The van der Waals surface area contributed by atoms with Gasteiger partial charge in [0.1, 0.15) is 11.3 Å². The number of aromatic nitrogens is 3. The lowest BCUT2D eigenvalue weighted by atomic mass is 10.1. The predicted molar refractivity (Wildman–Crippen MR) is 68.9 cm³/mol. The van der Waals surface area contributed by atoms with Crippen LogP contribution in [0.25, 0.3) is 22.4 Å². The number of para-hydroxylation sites is 1. The molecule has 4 nitrogen and oxygen atoms in total. The zero-order chi connectivity index (χ0) is 11.7. The molecule has 0 radical (unpaired) electrons. The largest absolute Gasteiger partial charge is 0.388 e. The van der Waals surface area contributed by atoms with Gasteiger partial charge < -0.3 is 10.3 Å². The van der Waals surface area contributed by atoms with Crippen LogP contribution in [0.5, 0.6) is 0 Å². The van der Waals surface area contributed by atoms with Gasteiger partial charge in [-0.05, 0) is 18.2 Å². The highest BCUT2D eigenvalue weighted by Crippen LogP contribution is 2.26. The summed E-state index contributed by atoms with van der Waals surface area (Å²) in [6.07, 6.45) is 3.52. The molecule has 0 atom stereocenters. The molecule has 0 aliphatic rings. The number of fused-ring (bicyclic) bond motifs is 1. The molecule has 0 saturated carbocycles. The quantitative estimate of drug-likeness (QED) is 0.703. The molecule has 2 aromatic heterocycles. The van der Waals surface area contributed by atoms with E-state index in [0.29, 0.717) is 0 Å². The fourth-order valence-corrected chi connectivity index (χ4v) is 1.89. The van der Waals surface area contributed by atoms with Crippen molar-refractivity contribution in [2.24, 2.45) is 0 Å². The predicted octanol–water partition coefficient (Wildman–Crippen LogP) is 2.67. The summed E-state index contributed by atoms with van der Waals surface area (Å²) in [6, 6.07) is 9.99. The molecule has 3 rings (SSSR count). The zero-order valence-corrected chi connectivity index (χ0v) is 9.44. The van der Waals surface area contributed by atoms with Gasteiger partial charge in [-0.3, -0.25) is 4.98 Å². The first-order chi connectivity index (χ1) is 8.38. The van der Waals surface area contributed by atoms with E-state index < -0.39 is 0 Å². The molecule has 0 bridgehead atoms. The molecule has 0 fully saturated rings. The molecule has 4 heteroatoms. The van der Waals surface area contributed by atoms with Gasteiger partial charge in [0.2, 0.25) is 0 Å². The number of benzene rings is 1. The molecular weight excluding hydrogens is 212 g/mol.